The highest BCUT2D eigenvalue weighted by molar-refractivity contribution is 5.94. The number of carbonyl (C=O) groups is 1. The van der Waals surface area contributed by atoms with E-state index in [4.69, 9.17) is 0 Å². The van der Waals surface area contributed by atoms with Crippen molar-refractivity contribution in [2.24, 2.45) is 0 Å². The van der Waals surface area contributed by atoms with Crippen molar-refractivity contribution in [2.45, 2.75) is 32.1 Å². The van der Waals surface area contributed by atoms with E-state index in [0.717, 1.165) is 69.7 Å². The average molecular weight is 339 g/mol. The van der Waals surface area contributed by atoms with Gasteiger partial charge in [0.15, 0.2) is 5.69 Å². The van der Waals surface area contributed by atoms with Crippen LogP contribution in [0.1, 0.15) is 40.3 Å². The van der Waals surface area contributed by atoms with E-state index in [-0.39, 0.29) is 5.91 Å². The number of hydrogen-bond donors (Lipinski definition) is 1. The molecule has 1 saturated heterocycles. The van der Waals surface area contributed by atoms with Crippen LogP contribution in [0.3, 0.4) is 0 Å². The first-order valence-electron chi connectivity index (χ1n) is 9.29. The number of rotatable bonds is 4. The van der Waals surface area contributed by atoms with Crippen molar-refractivity contribution in [2.75, 3.05) is 32.7 Å². The summed E-state index contributed by atoms with van der Waals surface area (Å²) in [5.74, 6) is 0.101. The molecule has 1 aliphatic carbocycles. The van der Waals surface area contributed by atoms with Gasteiger partial charge in [-0.2, -0.15) is 5.10 Å². The fraction of sp³-hybridized carbons (Fsp3) is 0.526. The Morgan fingerprint density at radius 3 is 2.76 bits per heavy atom. The molecular formula is C19H25N5O. The number of H-pyrrole nitrogens is 1. The van der Waals surface area contributed by atoms with Gasteiger partial charge in [-0.05, 0) is 37.8 Å². The summed E-state index contributed by atoms with van der Waals surface area (Å²) in [6, 6.07) is 6.05. The van der Waals surface area contributed by atoms with Gasteiger partial charge in [-0.3, -0.25) is 19.8 Å². The minimum atomic E-state index is 0.101. The van der Waals surface area contributed by atoms with E-state index in [1.807, 2.05) is 23.2 Å². The molecule has 4 rings (SSSR count). The lowest BCUT2D eigenvalue weighted by molar-refractivity contribution is 0.0631. The number of hydrogen-bond acceptors (Lipinski definition) is 4. The molecule has 2 aromatic heterocycles. The number of amides is 1. The largest absolute Gasteiger partial charge is 0.335 e. The van der Waals surface area contributed by atoms with E-state index in [1.54, 1.807) is 0 Å². The normalized spacial score (nSPS) is 18.2. The lowest BCUT2D eigenvalue weighted by Gasteiger charge is -2.34. The van der Waals surface area contributed by atoms with Gasteiger partial charge in [0, 0.05) is 62.3 Å². The lowest BCUT2D eigenvalue weighted by Crippen LogP contribution is -2.49. The molecule has 0 aromatic carbocycles. The van der Waals surface area contributed by atoms with Gasteiger partial charge in [-0.1, -0.05) is 6.07 Å². The van der Waals surface area contributed by atoms with Gasteiger partial charge in [0.1, 0.15) is 0 Å². The van der Waals surface area contributed by atoms with E-state index >= 15 is 0 Å². The molecule has 6 nitrogen and oxygen atoms in total. The first-order valence-corrected chi connectivity index (χ1v) is 9.29. The first-order chi connectivity index (χ1) is 12.3. The maximum absolute atomic E-state index is 12.8. The number of nitrogens with one attached hydrogen (secondary N) is 1. The van der Waals surface area contributed by atoms with Crippen LogP contribution in [0.2, 0.25) is 0 Å². The van der Waals surface area contributed by atoms with Crippen molar-refractivity contribution in [3.8, 4) is 0 Å². The zero-order chi connectivity index (χ0) is 17.1. The van der Waals surface area contributed by atoms with E-state index < -0.39 is 0 Å². The number of aromatic amines is 1. The second-order valence-electron chi connectivity index (χ2n) is 6.94. The zero-order valence-electron chi connectivity index (χ0n) is 14.6. The summed E-state index contributed by atoms with van der Waals surface area (Å²) in [5, 5.41) is 7.41. The summed E-state index contributed by atoms with van der Waals surface area (Å²) in [6.45, 7) is 4.40. The maximum Gasteiger partial charge on any atom is 0.274 e. The molecule has 0 spiro atoms. The molecule has 132 valence electrons. The Morgan fingerprint density at radius 1 is 1.12 bits per heavy atom. The Kier molecular flexibility index (Phi) is 4.78. The highest BCUT2D eigenvalue weighted by Gasteiger charge is 2.27. The van der Waals surface area contributed by atoms with Crippen LogP contribution in [0, 0.1) is 0 Å². The molecule has 1 N–H and O–H groups in total. The van der Waals surface area contributed by atoms with Gasteiger partial charge in [0.2, 0.25) is 0 Å². The molecular weight excluding hydrogens is 314 g/mol. The Balaban J connectivity index is 1.31. The predicted molar refractivity (Wildman–Crippen MR) is 95.5 cm³/mol. The molecule has 1 aliphatic heterocycles. The molecule has 0 atom stereocenters. The van der Waals surface area contributed by atoms with Crippen molar-refractivity contribution in [1.29, 1.82) is 0 Å². The van der Waals surface area contributed by atoms with Gasteiger partial charge in [0.25, 0.3) is 5.91 Å². The summed E-state index contributed by atoms with van der Waals surface area (Å²) in [4.78, 5) is 21.6. The third-order valence-electron chi connectivity index (χ3n) is 5.33. The summed E-state index contributed by atoms with van der Waals surface area (Å²) < 4.78 is 0. The van der Waals surface area contributed by atoms with E-state index in [1.165, 1.54) is 12.1 Å². The molecule has 1 fully saturated rings. The number of carbonyl (C=O) groups excluding carboxylic acids is 1. The first kappa shape index (κ1) is 16.3. The third-order valence-corrected chi connectivity index (χ3v) is 5.33. The van der Waals surface area contributed by atoms with Crippen molar-refractivity contribution in [1.82, 2.24) is 25.0 Å². The summed E-state index contributed by atoms with van der Waals surface area (Å²) >= 11 is 0. The Bertz CT molecular complexity index is 719. The Hall–Kier alpha value is -2.21. The number of piperazine rings is 1. The fourth-order valence-electron chi connectivity index (χ4n) is 3.80. The molecule has 0 unspecified atom stereocenters. The third kappa shape index (κ3) is 3.58. The summed E-state index contributed by atoms with van der Waals surface area (Å²) in [5.41, 5.74) is 4.12. The SMILES string of the molecule is O=C(c1n[nH]c2c1CCCC2)N1CCN(CCc2ccccn2)CC1. The number of pyridine rings is 1. The minimum Gasteiger partial charge on any atom is -0.335 e. The van der Waals surface area contributed by atoms with Crippen molar-refractivity contribution in [3.05, 3.63) is 47.0 Å². The molecule has 3 heterocycles. The summed E-state index contributed by atoms with van der Waals surface area (Å²) in [6.07, 6.45) is 7.16. The van der Waals surface area contributed by atoms with Crippen LogP contribution < -0.4 is 0 Å². The quantitative estimate of drug-likeness (QED) is 0.920. The van der Waals surface area contributed by atoms with Crippen LogP contribution in [0.4, 0.5) is 0 Å². The van der Waals surface area contributed by atoms with Crippen LogP contribution in [0.25, 0.3) is 0 Å². The monoisotopic (exact) mass is 339 g/mol. The minimum absolute atomic E-state index is 0.101. The van der Waals surface area contributed by atoms with Gasteiger partial charge in [-0.15, -0.1) is 0 Å². The molecule has 1 amide bonds. The molecule has 0 saturated carbocycles. The smallest absolute Gasteiger partial charge is 0.274 e. The van der Waals surface area contributed by atoms with Crippen LogP contribution >= 0.6 is 0 Å². The lowest BCUT2D eigenvalue weighted by atomic mass is 9.95. The number of fused-ring (bicyclic) bond motifs is 1. The van der Waals surface area contributed by atoms with Crippen LogP contribution in [-0.2, 0) is 19.3 Å². The Morgan fingerprint density at radius 2 is 1.96 bits per heavy atom. The molecule has 0 radical (unpaired) electrons. The Labute approximate surface area is 148 Å². The predicted octanol–water partition coefficient (Wildman–Crippen LogP) is 1.68. The number of aromatic nitrogens is 3. The highest BCUT2D eigenvalue weighted by Crippen LogP contribution is 2.23. The van der Waals surface area contributed by atoms with E-state index in [0.29, 0.717) is 5.69 Å². The maximum atomic E-state index is 12.8. The van der Waals surface area contributed by atoms with Gasteiger partial charge in [0.05, 0.1) is 0 Å². The van der Waals surface area contributed by atoms with Crippen LogP contribution in [-0.4, -0.2) is 63.6 Å². The highest BCUT2D eigenvalue weighted by atomic mass is 16.2. The second-order valence-corrected chi connectivity index (χ2v) is 6.94. The fourth-order valence-corrected chi connectivity index (χ4v) is 3.80. The van der Waals surface area contributed by atoms with Crippen molar-refractivity contribution >= 4 is 5.91 Å². The molecule has 25 heavy (non-hydrogen) atoms. The number of aryl methyl sites for hydroxylation is 1. The molecule has 0 bridgehead atoms. The van der Waals surface area contributed by atoms with Crippen molar-refractivity contribution in [3.63, 3.8) is 0 Å². The van der Waals surface area contributed by atoms with Crippen LogP contribution in [0.5, 0.6) is 0 Å². The summed E-state index contributed by atoms with van der Waals surface area (Å²) in [7, 11) is 0. The van der Waals surface area contributed by atoms with Gasteiger partial charge in [-0.25, -0.2) is 0 Å². The van der Waals surface area contributed by atoms with E-state index in [2.05, 4.69) is 26.1 Å². The molecule has 2 aromatic rings. The van der Waals surface area contributed by atoms with Gasteiger partial charge < -0.3 is 4.90 Å². The van der Waals surface area contributed by atoms with E-state index in [9.17, 15) is 4.79 Å². The second kappa shape index (κ2) is 7.35. The van der Waals surface area contributed by atoms with Gasteiger partial charge >= 0.3 is 0 Å². The average Bonchev–Trinajstić information content (AvgIpc) is 3.11. The zero-order valence-corrected chi connectivity index (χ0v) is 14.6. The van der Waals surface area contributed by atoms with Crippen LogP contribution in [0.15, 0.2) is 24.4 Å². The topological polar surface area (TPSA) is 65.1 Å². The van der Waals surface area contributed by atoms with Crippen molar-refractivity contribution < 1.29 is 4.79 Å². The molecule has 6 heteroatoms. The number of nitrogens with zero attached hydrogens (tertiary/aromatic N) is 4. The standard InChI is InChI=1S/C19H25N5O/c25-19(18-16-6-1-2-7-17(16)21-22-18)24-13-11-23(12-14-24)10-8-15-5-3-4-9-20-15/h3-5,9H,1-2,6-8,10-14H2,(H,21,22). The molecule has 2 aliphatic rings.